The molecule has 5 N–H and O–H groups in total. The van der Waals surface area contributed by atoms with Crippen LogP contribution in [-0.2, 0) is 0 Å². The van der Waals surface area contributed by atoms with E-state index in [9.17, 15) is 0 Å². The molecule has 2 aromatic heterocycles. The number of piperazine rings is 2. The zero-order chi connectivity index (χ0) is 21.3. The van der Waals surface area contributed by atoms with Gasteiger partial charge in [0.15, 0.2) is 11.5 Å². The molecule has 4 heterocycles. The molecular formula is C22H35N8+. The van der Waals surface area contributed by atoms with E-state index in [1.165, 1.54) is 13.1 Å². The van der Waals surface area contributed by atoms with Crippen LogP contribution in [0, 0.1) is 13.8 Å². The van der Waals surface area contributed by atoms with Crippen molar-refractivity contribution in [1.82, 2.24) is 30.9 Å². The van der Waals surface area contributed by atoms with Crippen LogP contribution >= 0.6 is 0 Å². The number of nitrogens with zero attached hydrogens (tertiary/aromatic N) is 4. The number of aromatic nitrogens is 3. The summed E-state index contributed by atoms with van der Waals surface area (Å²) < 4.78 is 1.80. The largest absolute Gasteiger partial charge is 0.380 e. The van der Waals surface area contributed by atoms with Crippen LogP contribution in [-0.4, -0.2) is 74.4 Å². The number of nitrogens with two attached hydrogens (primary N) is 1. The average Bonchev–Trinajstić information content (AvgIpc) is 2.78. The summed E-state index contributed by atoms with van der Waals surface area (Å²) in [6, 6.07) is 9.93. The highest BCUT2D eigenvalue weighted by atomic mass is 15.3. The van der Waals surface area contributed by atoms with Gasteiger partial charge in [-0.25, -0.2) is 0 Å². The molecule has 2 aliphatic rings. The normalized spacial score (nSPS) is 17.0. The third kappa shape index (κ3) is 6.06. The molecule has 8 nitrogen and oxygen atoms in total. The first-order valence-corrected chi connectivity index (χ1v) is 10.7. The van der Waals surface area contributed by atoms with Crippen molar-refractivity contribution in [3.63, 3.8) is 0 Å². The van der Waals surface area contributed by atoms with Gasteiger partial charge in [-0.1, -0.05) is 27.8 Å². The fraction of sp³-hybridized carbons (Fsp3) is 0.500. The van der Waals surface area contributed by atoms with Gasteiger partial charge in [0.05, 0.1) is 5.39 Å². The summed E-state index contributed by atoms with van der Waals surface area (Å²) in [5.74, 6) is 0.534. The Morgan fingerprint density at radius 1 is 0.900 bits per heavy atom. The van der Waals surface area contributed by atoms with E-state index in [2.05, 4.69) is 38.0 Å². The van der Waals surface area contributed by atoms with Crippen LogP contribution < -0.4 is 26.2 Å². The van der Waals surface area contributed by atoms with E-state index in [4.69, 9.17) is 5.73 Å². The van der Waals surface area contributed by atoms with Crippen LogP contribution in [0.3, 0.4) is 0 Å². The third-order valence-corrected chi connectivity index (χ3v) is 5.18. The Bertz CT molecular complexity index is 937. The molecular weight excluding hydrogens is 376 g/mol. The van der Waals surface area contributed by atoms with Crippen LogP contribution in [0.2, 0.25) is 0 Å². The van der Waals surface area contributed by atoms with E-state index >= 15 is 0 Å². The SMILES string of the molecule is C1CNCCN1.CN1CCNCC1.Cc1cc(C)[n+]2nc(N)c3ccccc3c2n1. The fourth-order valence-electron chi connectivity index (χ4n) is 3.52. The maximum Gasteiger partial charge on any atom is 0.356 e. The molecule has 0 radical (unpaired) electrons. The smallest absolute Gasteiger partial charge is 0.356 e. The van der Waals surface area contributed by atoms with Gasteiger partial charge >= 0.3 is 5.65 Å². The zero-order valence-corrected chi connectivity index (χ0v) is 18.4. The van der Waals surface area contributed by atoms with E-state index < -0.39 is 0 Å². The first-order valence-electron chi connectivity index (χ1n) is 10.7. The number of hydrogen-bond acceptors (Lipinski definition) is 7. The van der Waals surface area contributed by atoms with Crippen molar-refractivity contribution >= 4 is 22.2 Å². The number of aryl methyl sites for hydroxylation is 2. The lowest BCUT2D eigenvalue weighted by atomic mass is 10.2. The summed E-state index contributed by atoms with van der Waals surface area (Å²) in [7, 11) is 2.15. The molecule has 2 saturated heterocycles. The van der Waals surface area contributed by atoms with E-state index in [0.29, 0.717) is 5.82 Å². The predicted octanol–water partition coefficient (Wildman–Crippen LogP) is 0.268. The van der Waals surface area contributed by atoms with Gasteiger partial charge in [-0.2, -0.15) is 0 Å². The van der Waals surface area contributed by atoms with Crippen LogP contribution in [0.25, 0.3) is 16.4 Å². The maximum atomic E-state index is 5.97. The van der Waals surface area contributed by atoms with E-state index in [1.54, 1.807) is 4.52 Å². The summed E-state index contributed by atoms with van der Waals surface area (Å²) >= 11 is 0. The standard InChI is InChI=1S/C13H13N4.C5H12N2.C4H10N2/c1-8-7-9(2)17-13(15-8)11-6-4-3-5-10(11)12(14)16-17;1-7-4-2-6-3-5-7;1-2-6-4-3-5-1/h3-7H,1-2H3,(H2,14,16);6H,2-5H2,1H3;5-6H,1-4H2/q+1;;. The van der Waals surface area contributed by atoms with Gasteiger partial charge in [-0.3, -0.25) is 0 Å². The number of likely N-dealkylation sites (N-methyl/N-ethyl adjacent to an activating group) is 1. The number of benzene rings is 1. The highest BCUT2D eigenvalue weighted by Gasteiger charge is 2.16. The average molecular weight is 412 g/mol. The minimum Gasteiger partial charge on any atom is -0.380 e. The van der Waals surface area contributed by atoms with Crippen molar-refractivity contribution in [2.45, 2.75) is 13.8 Å². The molecule has 0 saturated carbocycles. The Morgan fingerprint density at radius 3 is 2.00 bits per heavy atom. The topological polar surface area (TPSA) is 95.2 Å². The Labute approximate surface area is 178 Å². The van der Waals surface area contributed by atoms with Gasteiger partial charge in [0.2, 0.25) is 0 Å². The van der Waals surface area contributed by atoms with Crippen molar-refractivity contribution in [3.05, 3.63) is 41.7 Å². The second-order valence-corrected chi connectivity index (χ2v) is 7.76. The van der Waals surface area contributed by atoms with Crippen molar-refractivity contribution in [1.29, 1.82) is 0 Å². The van der Waals surface area contributed by atoms with E-state index in [1.807, 2.05) is 44.2 Å². The van der Waals surface area contributed by atoms with Crippen LogP contribution in [0.15, 0.2) is 30.3 Å². The molecule has 0 bridgehead atoms. The molecule has 0 aliphatic carbocycles. The first-order chi connectivity index (χ1) is 14.6. The van der Waals surface area contributed by atoms with Gasteiger partial charge in [-0.15, -0.1) is 0 Å². The molecule has 8 heteroatoms. The maximum absolute atomic E-state index is 5.97. The number of fused-ring (bicyclic) bond motifs is 3. The zero-order valence-electron chi connectivity index (χ0n) is 18.4. The summed E-state index contributed by atoms with van der Waals surface area (Å²) in [6.45, 7) is 13.3. The number of anilines is 1. The number of nitrogens with one attached hydrogen (secondary N) is 3. The van der Waals surface area contributed by atoms with Crippen LogP contribution in [0.1, 0.15) is 11.4 Å². The predicted molar refractivity (Wildman–Crippen MR) is 123 cm³/mol. The second-order valence-electron chi connectivity index (χ2n) is 7.76. The Hall–Kier alpha value is -2.39. The minimum absolute atomic E-state index is 0.534. The third-order valence-electron chi connectivity index (χ3n) is 5.18. The highest BCUT2D eigenvalue weighted by molar-refractivity contribution is 5.97. The molecule has 0 atom stereocenters. The van der Waals surface area contributed by atoms with Crippen LogP contribution in [0.5, 0.6) is 0 Å². The molecule has 0 spiro atoms. The molecule has 5 rings (SSSR count). The quantitative estimate of drug-likeness (QED) is 0.312. The monoisotopic (exact) mass is 411 g/mol. The Morgan fingerprint density at radius 2 is 1.47 bits per heavy atom. The lowest BCUT2D eigenvalue weighted by Gasteiger charge is -2.21. The van der Waals surface area contributed by atoms with Gasteiger partial charge in [0, 0.05) is 77.7 Å². The fourth-order valence-corrected chi connectivity index (χ4v) is 3.52. The Balaban J connectivity index is 0.000000161. The van der Waals surface area contributed by atoms with Gasteiger partial charge in [0.25, 0.3) is 0 Å². The number of hydrogen-bond donors (Lipinski definition) is 4. The van der Waals surface area contributed by atoms with E-state index in [0.717, 1.165) is 67.1 Å². The summed E-state index contributed by atoms with van der Waals surface area (Å²) in [5, 5.41) is 16.1. The number of rotatable bonds is 0. The van der Waals surface area contributed by atoms with Crippen molar-refractivity contribution < 1.29 is 4.52 Å². The summed E-state index contributed by atoms with van der Waals surface area (Å²) in [6.07, 6.45) is 0. The minimum atomic E-state index is 0.534. The Kier molecular flexibility index (Phi) is 8.27. The molecule has 0 unspecified atom stereocenters. The van der Waals surface area contributed by atoms with Gasteiger partial charge in [0.1, 0.15) is 5.69 Å². The number of nitrogen functional groups attached to an aromatic ring is 1. The molecule has 3 aromatic rings. The molecule has 2 aliphatic heterocycles. The van der Waals surface area contributed by atoms with E-state index in [-0.39, 0.29) is 0 Å². The van der Waals surface area contributed by atoms with Gasteiger partial charge < -0.3 is 26.6 Å². The molecule has 162 valence electrons. The van der Waals surface area contributed by atoms with Crippen molar-refractivity contribution in [2.24, 2.45) is 0 Å². The molecule has 1 aromatic carbocycles. The van der Waals surface area contributed by atoms with Crippen LogP contribution in [0.4, 0.5) is 5.82 Å². The first kappa shape index (κ1) is 22.3. The molecule has 0 amide bonds. The summed E-state index contributed by atoms with van der Waals surface area (Å²) in [5.41, 5.74) is 8.84. The van der Waals surface area contributed by atoms with Crippen molar-refractivity contribution in [3.8, 4) is 0 Å². The molecule has 30 heavy (non-hydrogen) atoms. The van der Waals surface area contributed by atoms with Crippen molar-refractivity contribution in [2.75, 3.05) is 65.1 Å². The lowest BCUT2D eigenvalue weighted by Crippen LogP contribution is -2.40. The summed E-state index contributed by atoms with van der Waals surface area (Å²) in [4.78, 5) is 6.88. The lowest BCUT2D eigenvalue weighted by molar-refractivity contribution is -0.587. The van der Waals surface area contributed by atoms with Gasteiger partial charge in [-0.05, 0) is 18.1 Å². The molecule has 2 fully saturated rings. The highest BCUT2D eigenvalue weighted by Crippen LogP contribution is 2.19. The second kappa shape index (κ2) is 11.1.